The van der Waals surface area contributed by atoms with Crippen molar-refractivity contribution in [2.24, 2.45) is 11.7 Å². The highest BCUT2D eigenvalue weighted by Gasteiger charge is 2.30. The van der Waals surface area contributed by atoms with Crippen LogP contribution in [0.25, 0.3) is 0 Å². The van der Waals surface area contributed by atoms with Crippen LogP contribution in [0.1, 0.15) is 19.8 Å². The van der Waals surface area contributed by atoms with Gasteiger partial charge in [-0.2, -0.15) is 0 Å². The fourth-order valence-corrected chi connectivity index (χ4v) is 0.740. The van der Waals surface area contributed by atoms with Crippen molar-refractivity contribution in [2.45, 2.75) is 25.8 Å². The van der Waals surface area contributed by atoms with Crippen LogP contribution >= 0.6 is 0 Å². The van der Waals surface area contributed by atoms with E-state index in [1.807, 2.05) is 0 Å². The zero-order valence-corrected chi connectivity index (χ0v) is 5.05. The SMILES string of the molecule is CC(N)C(=O)C1CC1. The van der Waals surface area contributed by atoms with Crippen molar-refractivity contribution >= 4 is 5.78 Å². The van der Waals surface area contributed by atoms with Gasteiger partial charge in [0.15, 0.2) is 5.78 Å². The molecule has 0 aromatic carbocycles. The van der Waals surface area contributed by atoms with Crippen molar-refractivity contribution in [3.8, 4) is 0 Å². The second-order valence-electron chi connectivity index (χ2n) is 2.47. The molecule has 0 radical (unpaired) electrons. The Kier molecular flexibility index (Phi) is 1.34. The lowest BCUT2D eigenvalue weighted by Gasteiger charge is -1.98. The fourth-order valence-electron chi connectivity index (χ4n) is 0.740. The first-order valence-electron chi connectivity index (χ1n) is 3.01. The Morgan fingerprint density at radius 2 is 2.25 bits per heavy atom. The molecule has 2 heteroatoms. The van der Waals surface area contributed by atoms with Crippen LogP contribution in [0.3, 0.4) is 0 Å². The third-order valence-electron chi connectivity index (χ3n) is 1.43. The number of rotatable bonds is 2. The van der Waals surface area contributed by atoms with Gasteiger partial charge in [-0.15, -0.1) is 0 Å². The molecule has 0 heterocycles. The maximum atomic E-state index is 10.8. The lowest BCUT2D eigenvalue weighted by atomic mass is 10.1. The summed E-state index contributed by atoms with van der Waals surface area (Å²) < 4.78 is 0. The first-order chi connectivity index (χ1) is 3.72. The van der Waals surface area contributed by atoms with Gasteiger partial charge < -0.3 is 5.73 Å². The molecule has 1 atom stereocenters. The van der Waals surface area contributed by atoms with E-state index in [1.165, 1.54) is 0 Å². The summed E-state index contributed by atoms with van der Waals surface area (Å²) in [6.07, 6.45) is 2.14. The minimum absolute atomic E-state index is 0.234. The summed E-state index contributed by atoms with van der Waals surface area (Å²) in [4.78, 5) is 10.8. The number of carbonyl (C=O) groups is 1. The molecule has 1 unspecified atom stereocenters. The van der Waals surface area contributed by atoms with Crippen molar-refractivity contribution in [1.29, 1.82) is 0 Å². The molecule has 1 aliphatic rings. The van der Waals surface area contributed by atoms with Gasteiger partial charge in [0.25, 0.3) is 0 Å². The molecule has 8 heavy (non-hydrogen) atoms. The topological polar surface area (TPSA) is 43.1 Å². The molecule has 1 fully saturated rings. The molecular formula is C6H11NO. The number of ketones is 1. The first-order valence-corrected chi connectivity index (χ1v) is 3.01. The molecule has 1 aliphatic carbocycles. The standard InChI is InChI=1S/C6H11NO/c1-4(7)6(8)5-2-3-5/h4-5H,2-3,7H2,1H3. The number of carbonyl (C=O) groups excluding carboxylic acids is 1. The maximum absolute atomic E-state index is 10.8. The molecule has 46 valence electrons. The number of hydrogen-bond acceptors (Lipinski definition) is 2. The second-order valence-corrected chi connectivity index (χ2v) is 2.47. The molecule has 2 N–H and O–H groups in total. The lowest BCUT2D eigenvalue weighted by molar-refractivity contribution is -0.121. The Labute approximate surface area is 49.1 Å². The van der Waals surface area contributed by atoms with Crippen molar-refractivity contribution < 1.29 is 4.79 Å². The maximum Gasteiger partial charge on any atom is 0.152 e. The Balaban J connectivity index is 2.33. The zero-order valence-electron chi connectivity index (χ0n) is 5.05. The highest BCUT2D eigenvalue weighted by molar-refractivity contribution is 5.87. The van der Waals surface area contributed by atoms with E-state index in [0.29, 0.717) is 5.92 Å². The van der Waals surface area contributed by atoms with E-state index in [4.69, 9.17) is 5.73 Å². The summed E-state index contributed by atoms with van der Waals surface area (Å²) in [5, 5.41) is 0. The summed E-state index contributed by atoms with van der Waals surface area (Å²) in [5.74, 6) is 0.569. The van der Waals surface area contributed by atoms with E-state index >= 15 is 0 Å². The van der Waals surface area contributed by atoms with Crippen LogP contribution in [-0.4, -0.2) is 11.8 Å². The van der Waals surface area contributed by atoms with Gasteiger partial charge in [-0.25, -0.2) is 0 Å². The van der Waals surface area contributed by atoms with E-state index in [9.17, 15) is 4.79 Å². The molecule has 0 aliphatic heterocycles. The lowest BCUT2D eigenvalue weighted by Crippen LogP contribution is -2.27. The van der Waals surface area contributed by atoms with Gasteiger partial charge in [0.1, 0.15) is 0 Å². The summed E-state index contributed by atoms with van der Waals surface area (Å²) in [5.41, 5.74) is 5.33. The Morgan fingerprint density at radius 3 is 2.38 bits per heavy atom. The predicted octanol–water partition coefficient (Wildman–Crippen LogP) is 0.313. The highest BCUT2D eigenvalue weighted by Crippen LogP contribution is 2.30. The molecule has 2 nitrogen and oxygen atoms in total. The van der Waals surface area contributed by atoms with E-state index < -0.39 is 0 Å². The van der Waals surface area contributed by atoms with E-state index in [2.05, 4.69) is 0 Å². The van der Waals surface area contributed by atoms with Gasteiger partial charge in [-0.05, 0) is 19.8 Å². The highest BCUT2D eigenvalue weighted by atomic mass is 16.1. The largest absolute Gasteiger partial charge is 0.322 e. The summed E-state index contributed by atoms with van der Waals surface area (Å²) >= 11 is 0. The quantitative estimate of drug-likeness (QED) is 0.560. The molecule has 0 spiro atoms. The third-order valence-corrected chi connectivity index (χ3v) is 1.43. The van der Waals surface area contributed by atoms with Crippen LogP contribution in [0, 0.1) is 5.92 Å². The van der Waals surface area contributed by atoms with Crippen LogP contribution in [-0.2, 0) is 4.79 Å². The number of hydrogen-bond donors (Lipinski definition) is 1. The van der Waals surface area contributed by atoms with Crippen LogP contribution in [0.4, 0.5) is 0 Å². The predicted molar refractivity (Wildman–Crippen MR) is 31.4 cm³/mol. The van der Waals surface area contributed by atoms with Crippen LogP contribution < -0.4 is 5.73 Å². The van der Waals surface area contributed by atoms with Crippen LogP contribution in [0.2, 0.25) is 0 Å². The minimum atomic E-state index is -0.234. The third kappa shape index (κ3) is 1.07. The number of nitrogens with two attached hydrogens (primary N) is 1. The minimum Gasteiger partial charge on any atom is -0.322 e. The smallest absolute Gasteiger partial charge is 0.152 e. The first kappa shape index (κ1) is 5.76. The summed E-state index contributed by atoms with van der Waals surface area (Å²) in [7, 11) is 0. The van der Waals surface area contributed by atoms with Gasteiger partial charge in [0.2, 0.25) is 0 Å². The van der Waals surface area contributed by atoms with E-state index in [1.54, 1.807) is 6.92 Å². The van der Waals surface area contributed by atoms with Crippen LogP contribution in [0.5, 0.6) is 0 Å². The van der Waals surface area contributed by atoms with Gasteiger partial charge in [-0.3, -0.25) is 4.79 Å². The van der Waals surface area contributed by atoms with Crippen molar-refractivity contribution in [2.75, 3.05) is 0 Å². The average Bonchev–Trinajstić information content (AvgIpc) is 2.43. The molecule has 0 amide bonds. The van der Waals surface area contributed by atoms with E-state index in [-0.39, 0.29) is 11.8 Å². The van der Waals surface area contributed by atoms with Gasteiger partial charge in [0, 0.05) is 5.92 Å². The molecule has 0 aromatic heterocycles. The summed E-state index contributed by atoms with van der Waals surface area (Å²) in [6.45, 7) is 1.75. The molecule has 1 saturated carbocycles. The second kappa shape index (κ2) is 1.86. The zero-order chi connectivity index (χ0) is 6.15. The normalized spacial score (nSPS) is 22.8. The van der Waals surface area contributed by atoms with Crippen molar-refractivity contribution in [3.05, 3.63) is 0 Å². The molecule has 0 aromatic rings. The molecule has 0 bridgehead atoms. The van der Waals surface area contributed by atoms with Gasteiger partial charge in [-0.1, -0.05) is 0 Å². The van der Waals surface area contributed by atoms with Gasteiger partial charge >= 0.3 is 0 Å². The van der Waals surface area contributed by atoms with Crippen molar-refractivity contribution in [1.82, 2.24) is 0 Å². The number of Topliss-reactive ketones (excluding diaryl/α,β-unsaturated/α-hetero) is 1. The van der Waals surface area contributed by atoms with E-state index in [0.717, 1.165) is 12.8 Å². The summed E-state index contributed by atoms with van der Waals surface area (Å²) in [6, 6.07) is -0.234. The Morgan fingerprint density at radius 1 is 1.75 bits per heavy atom. The molecular weight excluding hydrogens is 102 g/mol. The monoisotopic (exact) mass is 113 g/mol. The van der Waals surface area contributed by atoms with Gasteiger partial charge in [0.05, 0.1) is 6.04 Å². The van der Waals surface area contributed by atoms with Crippen molar-refractivity contribution in [3.63, 3.8) is 0 Å². The average molecular weight is 113 g/mol. The fraction of sp³-hybridized carbons (Fsp3) is 0.833. The van der Waals surface area contributed by atoms with Crippen LogP contribution in [0.15, 0.2) is 0 Å². The molecule has 0 saturated heterocycles. The Hall–Kier alpha value is -0.370. The molecule has 1 rings (SSSR count). The Bertz CT molecular complexity index is 101.